The molecule has 1 aromatic heterocycles. The molecule has 0 atom stereocenters. The first-order chi connectivity index (χ1) is 5.24. The smallest absolute Gasteiger partial charge is 0.143 e. The lowest BCUT2D eigenvalue weighted by Gasteiger charge is -2.01. The molecule has 0 aliphatic rings. The number of rotatable bonds is 2. The van der Waals surface area contributed by atoms with Gasteiger partial charge in [0, 0.05) is 36.4 Å². The zero-order chi connectivity index (χ0) is 8.27. The molecule has 1 N–H and O–H groups in total. The molecule has 11 heavy (non-hydrogen) atoms. The standard InChI is InChI=1S/C5H3BrFIN2S/c6-5-4(10-11-8)1-3(7)2-9-5/h1-2,10H. The summed E-state index contributed by atoms with van der Waals surface area (Å²) >= 11 is 5.23. The third-order valence-corrected chi connectivity index (χ3v) is 2.54. The first-order valence-electron chi connectivity index (χ1n) is 2.58. The maximum atomic E-state index is 12.5. The van der Waals surface area contributed by atoms with Crippen molar-refractivity contribution in [2.75, 3.05) is 4.72 Å². The second kappa shape index (κ2) is 4.46. The van der Waals surface area contributed by atoms with Gasteiger partial charge in [-0.3, -0.25) is 0 Å². The molecule has 0 aliphatic carbocycles. The molecule has 0 fully saturated rings. The second-order valence-corrected chi connectivity index (χ2v) is 4.10. The maximum Gasteiger partial charge on any atom is 0.143 e. The summed E-state index contributed by atoms with van der Waals surface area (Å²) in [5.74, 6) is -0.346. The highest BCUT2D eigenvalue weighted by Crippen LogP contribution is 2.24. The lowest BCUT2D eigenvalue weighted by Crippen LogP contribution is -1.88. The van der Waals surface area contributed by atoms with Gasteiger partial charge in [0.2, 0.25) is 0 Å². The molecule has 0 saturated heterocycles. The molecule has 0 amide bonds. The van der Waals surface area contributed by atoms with E-state index in [0.717, 1.165) is 6.20 Å². The van der Waals surface area contributed by atoms with Crippen molar-refractivity contribution >= 4 is 51.9 Å². The minimum absolute atomic E-state index is 0.346. The molecule has 2 nitrogen and oxygen atoms in total. The Bertz CT molecular complexity index is 260. The van der Waals surface area contributed by atoms with Gasteiger partial charge in [-0.15, -0.1) is 0 Å². The third kappa shape index (κ3) is 2.75. The zero-order valence-electron chi connectivity index (χ0n) is 5.14. The lowest BCUT2D eigenvalue weighted by atomic mass is 10.4. The van der Waals surface area contributed by atoms with Gasteiger partial charge in [-0.05, 0) is 15.9 Å². The number of anilines is 1. The van der Waals surface area contributed by atoms with Gasteiger partial charge >= 0.3 is 0 Å². The Morgan fingerprint density at radius 2 is 2.45 bits per heavy atom. The van der Waals surface area contributed by atoms with Gasteiger partial charge in [0.15, 0.2) is 0 Å². The van der Waals surface area contributed by atoms with Gasteiger partial charge < -0.3 is 4.72 Å². The first kappa shape index (κ1) is 9.53. The molecule has 0 spiro atoms. The summed E-state index contributed by atoms with van der Waals surface area (Å²) in [7, 11) is 1.36. The summed E-state index contributed by atoms with van der Waals surface area (Å²) in [6.07, 6.45) is 1.16. The minimum atomic E-state index is -0.346. The number of hydrogen-bond acceptors (Lipinski definition) is 3. The van der Waals surface area contributed by atoms with Crippen molar-refractivity contribution in [1.29, 1.82) is 0 Å². The van der Waals surface area contributed by atoms with Crippen molar-refractivity contribution in [2.45, 2.75) is 0 Å². The van der Waals surface area contributed by atoms with Crippen LogP contribution in [0.15, 0.2) is 16.9 Å². The van der Waals surface area contributed by atoms with Crippen LogP contribution in [-0.4, -0.2) is 4.98 Å². The highest BCUT2D eigenvalue weighted by Gasteiger charge is 2.00. The summed E-state index contributed by atoms with van der Waals surface area (Å²) in [5, 5.41) is 0. The van der Waals surface area contributed by atoms with Gasteiger partial charge in [-0.1, -0.05) is 0 Å². The Morgan fingerprint density at radius 3 is 3.09 bits per heavy atom. The molecule has 60 valence electrons. The molecule has 1 heterocycles. The van der Waals surface area contributed by atoms with E-state index in [4.69, 9.17) is 0 Å². The largest absolute Gasteiger partial charge is 0.319 e. The van der Waals surface area contributed by atoms with Crippen LogP contribution in [-0.2, 0) is 0 Å². The Hall–Kier alpha value is 0.440. The van der Waals surface area contributed by atoms with Gasteiger partial charge in [0.05, 0.1) is 11.9 Å². The fourth-order valence-electron chi connectivity index (χ4n) is 0.536. The summed E-state index contributed by atoms with van der Waals surface area (Å²) in [6, 6.07) is 1.38. The van der Waals surface area contributed by atoms with Crippen molar-refractivity contribution in [1.82, 2.24) is 4.98 Å². The van der Waals surface area contributed by atoms with Crippen LogP contribution in [0.4, 0.5) is 10.1 Å². The summed E-state index contributed by atoms with van der Waals surface area (Å²) in [5.41, 5.74) is 0.643. The first-order valence-corrected chi connectivity index (χ1v) is 6.74. The van der Waals surface area contributed by atoms with Crippen LogP contribution in [0.3, 0.4) is 0 Å². The molecule has 1 aromatic rings. The van der Waals surface area contributed by atoms with Gasteiger partial charge in [0.1, 0.15) is 10.4 Å². The summed E-state index contributed by atoms with van der Waals surface area (Å²) < 4.78 is 16.0. The van der Waals surface area contributed by atoms with Crippen molar-refractivity contribution in [3.8, 4) is 0 Å². The van der Waals surface area contributed by atoms with E-state index in [1.54, 1.807) is 0 Å². The normalized spacial score (nSPS) is 9.73. The predicted molar refractivity (Wildman–Crippen MR) is 57.1 cm³/mol. The Labute approximate surface area is 88.2 Å². The van der Waals surface area contributed by atoms with Crippen LogP contribution in [0.2, 0.25) is 0 Å². The van der Waals surface area contributed by atoms with E-state index in [9.17, 15) is 4.39 Å². The fourth-order valence-corrected chi connectivity index (χ4v) is 1.93. The molecule has 0 aliphatic heterocycles. The number of hydrogen-bond donors (Lipinski definition) is 1. The topological polar surface area (TPSA) is 24.9 Å². The van der Waals surface area contributed by atoms with Crippen molar-refractivity contribution in [3.05, 3.63) is 22.7 Å². The van der Waals surface area contributed by atoms with Crippen LogP contribution < -0.4 is 4.72 Å². The third-order valence-electron chi connectivity index (χ3n) is 0.954. The van der Waals surface area contributed by atoms with Crippen molar-refractivity contribution < 1.29 is 4.39 Å². The van der Waals surface area contributed by atoms with Crippen LogP contribution in [0, 0.1) is 5.82 Å². The lowest BCUT2D eigenvalue weighted by molar-refractivity contribution is 0.621. The van der Waals surface area contributed by atoms with Gasteiger partial charge in [0.25, 0.3) is 0 Å². The number of aromatic nitrogens is 1. The van der Waals surface area contributed by atoms with Crippen molar-refractivity contribution in [3.63, 3.8) is 0 Å². The zero-order valence-corrected chi connectivity index (χ0v) is 9.70. The molecular weight excluding hydrogens is 346 g/mol. The van der Waals surface area contributed by atoms with E-state index in [0.29, 0.717) is 10.3 Å². The monoisotopic (exact) mass is 348 g/mol. The molecule has 0 aromatic carbocycles. The van der Waals surface area contributed by atoms with Crippen LogP contribution in [0.25, 0.3) is 0 Å². The second-order valence-electron chi connectivity index (χ2n) is 1.67. The van der Waals surface area contributed by atoms with E-state index < -0.39 is 0 Å². The highest BCUT2D eigenvalue weighted by atomic mass is 127. The molecule has 6 heteroatoms. The fraction of sp³-hybridized carbons (Fsp3) is 0. The SMILES string of the molecule is Fc1cnc(Br)c(NSI)c1. The maximum absolute atomic E-state index is 12.5. The molecular formula is C5H3BrFIN2S. The van der Waals surface area contributed by atoms with Crippen LogP contribution in [0.5, 0.6) is 0 Å². The van der Waals surface area contributed by atoms with Gasteiger partial charge in [-0.25, -0.2) is 9.37 Å². The van der Waals surface area contributed by atoms with E-state index in [-0.39, 0.29) is 5.82 Å². The number of nitrogens with one attached hydrogen (secondary N) is 1. The number of pyridine rings is 1. The van der Waals surface area contributed by atoms with Gasteiger partial charge in [-0.2, -0.15) is 0 Å². The Morgan fingerprint density at radius 1 is 1.73 bits per heavy atom. The van der Waals surface area contributed by atoms with Crippen LogP contribution >= 0.6 is 46.3 Å². The van der Waals surface area contributed by atoms with E-state index in [1.165, 1.54) is 15.2 Å². The Kier molecular flexibility index (Phi) is 3.86. The molecule has 0 saturated carbocycles. The minimum Gasteiger partial charge on any atom is -0.319 e. The number of nitrogens with zero attached hydrogens (tertiary/aromatic N) is 1. The molecule has 0 bridgehead atoms. The highest BCUT2D eigenvalue weighted by molar-refractivity contribution is 14.2. The Balaban J connectivity index is 2.93. The average Bonchev–Trinajstić information content (AvgIpc) is 1.98. The average molecular weight is 349 g/mol. The molecule has 0 radical (unpaired) electrons. The van der Waals surface area contributed by atoms with E-state index >= 15 is 0 Å². The number of halogens is 3. The summed E-state index contributed by atoms with van der Waals surface area (Å²) in [4.78, 5) is 3.76. The van der Waals surface area contributed by atoms with Crippen LogP contribution in [0.1, 0.15) is 0 Å². The van der Waals surface area contributed by atoms with Crippen molar-refractivity contribution in [2.24, 2.45) is 0 Å². The predicted octanol–water partition coefficient (Wildman–Crippen LogP) is 3.39. The summed E-state index contributed by atoms with van der Waals surface area (Å²) in [6.45, 7) is 0. The molecule has 0 unspecified atom stereocenters. The van der Waals surface area contributed by atoms with E-state index in [2.05, 4.69) is 46.8 Å². The quantitative estimate of drug-likeness (QED) is 0.504. The van der Waals surface area contributed by atoms with E-state index in [1.807, 2.05) is 0 Å². The molecule has 1 rings (SSSR count).